The van der Waals surface area contributed by atoms with Crippen LogP contribution in [0, 0.1) is 5.92 Å². The van der Waals surface area contributed by atoms with Crippen LogP contribution in [0.3, 0.4) is 0 Å². The second kappa shape index (κ2) is 8.00. The van der Waals surface area contributed by atoms with Gasteiger partial charge in [0.05, 0.1) is 19.1 Å². The quantitative estimate of drug-likeness (QED) is 0.766. The first kappa shape index (κ1) is 19.5. The van der Waals surface area contributed by atoms with Gasteiger partial charge in [0.15, 0.2) is 5.79 Å². The zero-order chi connectivity index (χ0) is 20.6. The number of ether oxygens (including phenoxy) is 2. The topological polar surface area (TPSA) is 59.1 Å². The molecule has 0 saturated carbocycles. The molecule has 0 bridgehead atoms. The number of hydrogen-bond donors (Lipinski definition) is 0. The van der Waals surface area contributed by atoms with Crippen molar-refractivity contribution in [2.45, 2.75) is 31.5 Å². The summed E-state index contributed by atoms with van der Waals surface area (Å²) in [6.45, 7) is 3.80. The number of carbonyl (C=O) groups excluding carboxylic acids is 2. The van der Waals surface area contributed by atoms with Crippen molar-refractivity contribution < 1.29 is 19.1 Å². The van der Waals surface area contributed by atoms with E-state index >= 15 is 0 Å². The molecule has 3 heterocycles. The highest BCUT2D eigenvalue weighted by atomic mass is 16.7. The summed E-state index contributed by atoms with van der Waals surface area (Å²) in [5, 5.41) is 2.03. The zero-order valence-corrected chi connectivity index (χ0v) is 17.2. The van der Waals surface area contributed by atoms with Crippen LogP contribution in [0.1, 0.15) is 36.0 Å². The Balaban J connectivity index is 1.26. The molecule has 30 heavy (non-hydrogen) atoms. The Hall–Kier alpha value is -2.44. The number of rotatable bonds is 2. The number of benzene rings is 2. The fourth-order valence-corrected chi connectivity index (χ4v) is 5.06. The standard InChI is InChI=1S/C24H28N2O4/c27-22(25-13-10-24(11-14-25)29-15-16-30-24)19-7-4-12-26(17-19)23(28)21-9-3-6-18-5-1-2-8-20(18)21/h1-3,5-6,8-9,19H,4,7,10-17H2. The Morgan fingerprint density at radius 2 is 1.63 bits per heavy atom. The minimum atomic E-state index is -0.473. The molecule has 0 aliphatic carbocycles. The van der Waals surface area contributed by atoms with E-state index in [1.54, 1.807) is 0 Å². The summed E-state index contributed by atoms with van der Waals surface area (Å²) in [7, 11) is 0. The molecule has 1 spiro atoms. The smallest absolute Gasteiger partial charge is 0.254 e. The second-order valence-electron chi connectivity index (χ2n) is 8.55. The van der Waals surface area contributed by atoms with Crippen LogP contribution in [0.5, 0.6) is 0 Å². The molecule has 2 aromatic rings. The molecule has 3 aliphatic heterocycles. The average Bonchev–Trinajstić information content (AvgIpc) is 3.26. The van der Waals surface area contributed by atoms with Gasteiger partial charge < -0.3 is 19.3 Å². The van der Waals surface area contributed by atoms with E-state index < -0.39 is 5.79 Å². The van der Waals surface area contributed by atoms with Crippen molar-refractivity contribution in [3.05, 3.63) is 48.0 Å². The van der Waals surface area contributed by atoms with Crippen molar-refractivity contribution in [1.29, 1.82) is 0 Å². The number of piperidine rings is 2. The van der Waals surface area contributed by atoms with E-state index in [0.29, 0.717) is 39.4 Å². The van der Waals surface area contributed by atoms with Crippen molar-refractivity contribution in [3.8, 4) is 0 Å². The lowest BCUT2D eigenvalue weighted by Crippen LogP contribution is -2.51. The summed E-state index contributed by atoms with van der Waals surface area (Å²) in [5.74, 6) is -0.412. The fraction of sp³-hybridized carbons (Fsp3) is 0.500. The molecule has 6 heteroatoms. The first-order valence-corrected chi connectivity index (χ1v) is 11.0. The van der Waals surface area contributed by atoms with Crippen LogP contribution >= 0.6 is 0 Å². The Kier molecular flexibility index (Phi) is 5.21. The van der Waals surface area contributed by atoms with Crippen LogP contribution in [-0.4, -0.2) is 66.8 Å². The maximum Gasteiger partial charge on any atom is 0.254 e. The molecular weight excluding hydrogens is 380 g/mol. The number of likely N-dealkylation sites (tertiary alicyclic amines) is 2. The van der Waals surface area contributed by atoms with Gasteiger partial charge in [0, 0.05) is 44.6 Å². The van der Waals surface area contributed by atoms with Crippen LogP contribution in [-0.2, 0) is 14.3 Å². The van der Waals surface area contributed by atoms with Crippen LogP contribution in [0.4, 0.5) is 0 Å². The van der Waals surface area contributed by atoms with Gasteiger partial charge in [-0.25, -0.2) is 0 Å². The van der Waals surface area contributed by atoms with Crippen LogP contribution in [0.25, 0.3) is 10.8 Å². The normalized spacial score (nSPS) is 23.8. The molecule has 3 saturated heterocycles. The first-order valence-electron chi connectivity index (χ1n) is 11.0. The monoisotopic (exact) mass is 408 g/mol. The third-order valence-corrected chi connectivity index (χ3v) is 6.73. The van der Waals surface area contributed by atoms with Gasteiger partial charge in [0.1, 0.15) is 0 Å². The van der Waals surface area contributed by atoms with Crippen LogP contribution in [0.2, 0.25) is 0 Å². The summed E-state index contributed by atoms with van der Waals surface area (Å²) in [6, 6.07) is 13.8. The van der Waals surface area contributed by atoms with E-state index in [0.717, 1.165) is 42.0 Å². The Morgan fingerprint density at radius 1 is 0.900 bits per heavy atom. The van der Waals surface area contributed by atoms with Gasteiger partial charge in [0.2, 0.25) is 5.91 Å². The van der Waals surface area contributed by atoms with Gasteiger partial charge >= 0.3 is 0 Å². The van der Waals surface area contributed by atoms with E-state index in [2.05, 4.69) is 0 Å². The van der Waals surface area contributed by atoms with Gasteiger partial charge in [-0.15, -0.1) is 0 Å². The molecule has 2 aromatic carbocycles. The Morgan fingerprint density at radius 3 is 2.43 bits per heavy atom. The molecule has 6 nitrogen and oxygen atoms in total. The lowest BCUT2D eigenvalue weighted by Gasteiger charge is -2.40. The summed E-state index contributed by atoms with van der Waals surface area (Å²) in [6.07, 6.45) is 3.15. The minimum absolute atomic E-state index is 0.0228. The Bertz CT molecular complexity index is 938. The average molecular weight is 408 g/mol. The molecule has 1 unspecified atom stereocenters. The van der Waals surface area contributed by atoms with Crippen molar-refractivity contribution in [1.82, 2.24) is 9.80 Å². The largest absolute Gasteiger partial charge is 0.347 e. The maximum absolute atomic E-state index is 13.3. The summed E-state index contributed by atoms with van der Waals surface area (Å²) in [4.78, 5) is 30.3. The molecule has 3 fully saturated rings. The van der Waals surface area contributed by atoms with Gasteiger partial charge in [-0.2, -0.15) is 0 Å². The number of hydrogen-bond acceptors (Lipinski definition) is 4. The number of amides is 2. The predicted octanol–water partition coefficient (Wildman–Crippen LogP) is 3.06. The SMILES string of the molecule is O=C(c1cccc2ccccc12)N1CCCC(C(=O)N2CCC3(CC2)OCCO3)C1. The summed E-state index contributed by atoms with van der Waals surface area (Å²) in [5.41, 5.74) is 0.719. The van der Waals surface area contributed by atoms with Crippen molar-refractivity contribution >= 4 is 22.6 Å². The van der Waals surface area contributed by atoms with Crippen molar-refractivity contribution in [2.75, 3.05) is 39.4 Å². The van der Waals surface area contributed by atoms with Crippen LogP contribution in [0.15, 0.2) is 42.5 Å². The number of fused-ring (bicyclic) bond motifs is 1. The van der Waals surface area contributed by atoms with E-state index in [9.17, 15) is 9.59 Å². The molecule has 1 atom stereocenters. The molecule has 0 radical (unpaired) electrons. The molecule has 0 N–H and O–H groups in total. The lowest BCUT2D eigenvalue weighted by atomic mass is 9.93. The minimum Gasteiger partial charge on any atom is -0.347 e. The van der Waals surface area contributed by atoms with E-state index in [1.165, 1.54) is 0 Å². The van der Waals surface area contributed by atoms with E-state index in [4.69, 9.17) is 9.47 Å². The highest BCUT2D eigenvalue weighted by Crippen LogP contribution is 2.32. The molecular formula is C24H28N2O4. The highest BCUT2D eigenvalue weighted by molar-refractivity contribution is 6.07. The van der Waals surface area contributed by atoms with Crippen molar-refractivity contribution in [3.63, 3.8) is 0 Å². The maximum atomic E-state index is 13.3. The zero-order valence-electron chi connectivity index (χ0n) is 17.2. The Labute approximate surface area is 176 Å². The molecule has 0 aromatic heterocycles. The molecule has 5 rings (SSSR count). The van der Waals surface area contributed by atoms with Gasteiger partial charge in [-0.1, -0.05) is 36.4 Å². The van der Waals surface area contributed by atoms with E-state index in [1.807, 2.05) is 52.3 Å². The van der Waals surface area contributed by atoms with Crippen LogP contribution < -0.4 is 0 Å². The lowest BCUT2D eigenvalue weighted by molar-refractivity contribution is -0.188. The third-order valence-electron chi connectivity index (χ3n) is 6.73. The second-order valence-corrected chi connectivity index (χ2v) is 8.55. The summed E-state index contributed by atoms with van der Waals surface area (Å²) >= 11 is 0. The molecule has 3 aliphatic rings. The highest BCUT2D eigenvalue weighted by Gasteiger charge is 2.42. The van der Waals surface area contributed by atoms with Gasteiger partial charge in [-0.3, -0.25) is 9.59 Å². The summed E-state index contributed by atoms with van der Waals surface area (Å²) < 4.78 is 11.5. The fourth-order valence-electron chi connectivity index (χ4n) is 5.06. The number of carbonyl (C=O) groups is 2. The molecule has 158 valence electrons. The van der Waals surface area contributed by atoms with Crippen molar-refractivity contribution in [2.24, 2.45) is 5.92 Å². The van der Waals surface area contributed by atoms with E-state index in [-0.39, 0.29) is 17.7 Å². The number of nitrogens with zero attached hydrogens (tertiary/aromatic N) is 2. The van der Waals surface area contributed by atoms with Gasteiger partial charge in [0.25, 0.3) is 5.91 Å². The first-order chi connectivity index (χ1) is 14.7. The third kappa shape index (κ3) is 3.59. The van der Waals surface area contributed by atoms with Gasteiger partial charge in [-0.05, 0) is 29.7 Å². The molecule has 2 amide bonds. The predicted molar refractivity (Wildman–Crippen MR) is 113 cm³/mol.